The van der Waals surface area contributed by atoms with Gasteiger partial charge in [-0.3, -0.25) is 0 Å². The van der Waals surface area contributed by atoms with Gasteiger partial charge in [-0.2, -0.15) is 4.98 Å². The van der Waals surface area contributed by atoms with Crippen LogP contribution in [0.2, 0.25) is 0 Å². The van der Waals surface area contributed by atoms with Gasteiger partial charge in [-0.15, -0.1) is 5.10 Å². The van der Waals surface area contributed by atoms with E-state index in [2.05, 4.69) is 36.0 Å². The lowest BCUT2D eigenvalue weighted by molar-refractivity contribution is 0.372. The van der Waals surface area contributed by atoms with Gasteiger partial charge in [0.25, 0.3) is 0 Å². The van der Waals surface area contributed by atoms with E-state index in [1.165, 1.54) is 5.56 Å². The Labute approximate surface area is 126 Å². The molecule has 2 heterocycles. The number of rotatable bonds is 4. The van der Waals surface area contributed by atoms with E-state index in [4.69, 9.17) is 10.7 Å². The number of hydrogen-bond donors (Lipinski definition) is 1. The van der Waals surface area contributed by atoms with Crippen LogP contribution in [-0.2, 0) is 0 Å². The highest BCUT2D eigenvalue weighted by molar-refractivity contribution is 5.46. The summed E-state index contributed by atoms with van der Waals surface area (Å²) in [5.74, 6) is 0.864. The van der Waals surface area contributed by atoms with Crippen molar-refractivity contribution >= 4 is 11.6 Å². The van der Waals surface area contributed by atoms with E-state index in [9.17, 15) is 0 Å². The number of aromatic nitrogens is 3. The van der Waals surface area contributed by atoms with Crippen molar-refractivity contribution in [3.63, 3.8) is 0 Å². The molecule has 0 radical (unpaired) electrons. The topological polar surface area (TPSA) is 59.5 Å². The maximum atomic E-state index is 6.03. The minimum absolute atomic E-state index is 0.376. The molecule has 0 unspecified atom stereocenters. The van der Waals surface area contributed by atoms with Gasteiger partial charge in [-0.25, -0.2) is 4.52 Å². The third-order valence-electron chi connectivity index (χ3n) is 4.39. The van der Waals surface area contributed by atoms with E-state index in [1.54, 1.807) is 0 Å². The SMILES string of the molecule is CCCN(c1nc2cc(C)ccn2n1)C1CCC(N)CC1. The van der Waals surface area contributed by atoms with Crippen molar-refractivity contribution < 1.29 is 0 Å². The van der Waals surface area contributed by atoms with Crippen molar-refractivity contribution in [2.45, 2.75) is 58.0 Å². The summed E-state index contributed by atoms with van der Waals surface area (Å²) >= 11 is 0. The Morgan fingerprint density at radius 3 is 2.81 bits per heavy atom. The summed E-state index contributed by atoms with van der Waals surface area (Å²) < 4.78 is 1.87. The number of aryl methyl sites for hydroxylation is 1. The molecule has 21 heavy (non-hydrogen) atoms. The standard InChI is InChI=1S/C16H25N5/c1-3-9-20(14-6-4-13(17)5-7-14)16-18-15-11-12(2)8-10-21(15)19-16/h8,10-11,13-14H,3-7,9,17H2,1-2H3. The molecule has 3 rings (SSSR count). The summed E-state index contributed by atoms with van der Waals surface area (Å²) in [6, 6.07) is 5.05. The summed E-state index contributed by atoms with van der Waals surface area (Å²) in [5, 5.41) is 4.67. The molecule has 1 fully saturated rings. The number of nitrogens with zero attached hydrogens (tertiary/aromatic N) is 4. The second-order valence-corrected chi connectivity index (χ2v) is 6.18. The van der Waals surface area contributed by atoms with E-state index in [0.717, 1.165) is 50.2 Å². The van der Waals surface area contributed by atoms with Crippen molar-refractivity contribution in [1.29, 1.82) is 0 Å². The van der Waals surface area contributed by atoms with E-state index >= 15 is 0 Å². The number of hydrogen-bond acceptors (Lipinski definition) is 4. The third kappa shape index (κ3) is 3.02. The van der Waals surface area contributed by atoms with Crippen LogP contribution in [0.15, 0.2) is 18.3 Å². The van der Waals surface area contributed by atoms with Crippen molar-refractivity contribution in [2.75, 3.05) is 11.4 Å². The number of nitrogens with two attached hydrogens (primary N) is 1. The fourth-order valence-corrected chi connectivity index (χ4v) is 3.19. The van der Waals surface area contributed by atoms with Crippen LogP contribution in [0.5, 0.6) is 0 Å². The average molecular weight is 287 g/mol. The van der Waals surface area contributed by atoms with Crippen LogP contribution in [-0.4, -0.2) is 33.2 Å². The average Bonchev–Trinajstić information content (AvgIpc) is 2.88. The summed E-state index contributed by atoms with van der Waals surface area (Å²) in [6.07, 6.45) is 7.61. The predicted molar refractivity (Wildman–Crippen MR) is 85.6 cm³/mol. The Kier molecular flexibility index (Phi) is 4.10. The number of fused-ring (bicyclic) bond motifs is 1. The molecule has 1 saturated carbocycles. The van der Waals surface area contributed by atoms with Crippen LogP contribution in [0.3, 0.4) is 0 Å². The minimum Gasteiger partial charge on any atom is -0.337 e. The molecule has 2 aromatic rings. The third-order valence-corrected chi connectivity index (χ3v) is 4.39. The van der Waals surface area contributed by atoms with Gasteiger partial charge in [0, 0.05) is 24.8 Å². The lowest BCUT2D eigenvalue weighted by Gasteiger charge is -2.35. The Balaban J connectivity index is 1.87. The molecular weight excluding hydrogens is 262 g/mol. The summed E-state index contributed by atoms with van der Waals surface area (Å²) in [7, 11) is 0. The monoisotopic (exact) mass is 287 g/mol. The maximum Gasteiger partial charge on any atom is 0.245 e. The van der Waals surface area contributed by atoms with E-state index in [0.29, 0.717) is 12.1 Å². The second-order valence-electron chi connectivity index (χ2n) is 6.18. The van der Waals surface area contributed by atoms with Gasteiger partial charge in [-0.1, -0.05) is 6.92 Å². The smallest absolute Gasteiger partial charge is 0.245 e. The fourth-order valence-electron chi connectivity index (χ4n) is 3.19. The van der Waals surface area contributed by atoms with E-state index in [1.807, 2.05) is 10.7 Å². The summed E-state index contributed by atoms with van der Waals surface area (Å²) in [4.78, 5) is 7.12. The molecule has 0 saturated heterocycles. The first-order chi connectivity index (χ1) is 10.2. The molecule has 2 N–H and O–H groups in total. The molecule has 5 nitrogen and oxygen atoms in total. The lowest BCUT2D eigenvalue weighted by atomic mass is 9.91. The number of anilines is 1. The first-order valence-electron chi connectivity index (χ1n) is 8.02. The van der Waals surface area contributed by atoms with Crippen molar-refractivity contribution in [2.24, 2.45) is 5.73 Å². The Hall–Kier alpha value is -1.62. The molecule has 0 atom stereocenters. The van der Waals surface area contributed by atoms with Gasteiger partial charge >= 0.3 is 0 Å². The van der Waals surface area contributed by atoms with Crippen LogP contribution in [0, 0.1) is 6.92 Å². The lowest BCUT2D eigenvalue weighted by Crippen LogP contribution is -2.42. The highest BCUT2D eigenvalue weighted by Gasteiger charge is 2.26. The molecule has 0 bridgehead atoms. The van der Waals surface area contributed by atoms with Gasteiger partial charge in [0.2, 0.25) is 5.95 Å². The van der Waals surface area contributed by atoms with Gasteiger partial charge in [0.15, 0.2) is 5.65 Å². The Morgan fingerprint density at radius 2 is 2.10 bits per heavy atom. The van der Waals surface area contributed by atoms with Crippen molar-refractivity contribution in [1.82, 2.24) is 14.6 Å². The van der Waals surface area contributed by atoms with Crippen LogP contribution >= 0.6 is 0 Å². The number of pyridine rings is 1. The zero-order valence-corrected chi connectivity index (χ0v) is 13.0. The first kappa shape index (κ1) is 14.3. The zero-order valence-electron chi connectivity index (χ0n) is 13.0. The van der Waals surface area contributed by atoms with Gasteiger partial charge in [-0.05, 0) is 56.7 Å². The molecule has 0 spiro atoms. The normalized spacial score (nSPS) is 22.6. The molecule has 1 aliphatic rings. The Morgan fingerprint density at radius 1 is 1.33 bits per heavy atom. The molecule has 0 aliphatic heterocycles. The molecule has 0 amide bonds. The summed E-state index contributed by atoms with van der Waals surface area (Å²) in [5.41, 5.74) is 8.18. The molecule has 5 heteroatoms. The van der Waals surface area contributed by atoms with Gasteiger partial charge in [0.1, 0.15) is 0 Å². The zero-order chi connectivity index (χ0) is 14.8. The first-order valence-corrected chi connectivity index (χ1v) is 8.02. The largest absolute Gasteiger partial charge is 0.337 e. The van der Waals surface area contributed by atoms with Crippen molar-refractivity contribution in [3.8, 4) is 0 Å². The molecular formula is C16H25N5. The molecule has 114 valence electrons. The minimum atomic E-state index is 0.376. The van der Waals surface area contributed by atoms with Gasteiger partial charge in [0.05, 0.1) is 0 Å². The highest BCUT2D eigenvalue weighted by Crippen LogP contribution is 2.25. The van der Waals surface area contributed by atoms with Crippen molar-refractivity contribution in [3.05, 3.63) is 23.9 Å². The second kappa shape index (κ2) is 6.02. The quantitative estimate of drug-likeness (QED) is 0.938. The highest BCUT2D eigenvalue weighted by atomic mass is 15.4. The molecule has 0 aromatic carbocycles. The van der Waals surface area contributed by atoms with Crippen LogP contribution in [0.25, 0.3) is 5.65 Å². The predicted octanol–water partition coefficient (Wildman–Crippen LogP) is 2.52. The summed E-state index contributed by atoms with van der Waals surface area (Å²) in [6.45, 7) is 5.30. The molecule has 1 aliphatic carbocycles. The molecule has 2 aromatic heterocycles. The fraction of sp³-hybridized carbons (Fsp3) is 0.625. The van der Waals surface area contributed by atoms with E-state index < -0.39 is 0 Å². The van der Waals surface area contributed by atoms with Crippen LogP contribution < -0.4 is 10.6 Å². The van der Waals surface area contributed by atoms with Crippen LogP contribution in [0.1, 0.15) is 44.6 Å². The van der Waals surface area contributed by atoms with Crippen LogP contribution in [0.4, 0.5) is 5.95 Å². The Bertz CT molecular complexity index is 598. The van der Waals surface area contributed by atoms with Gasteiger partial charge < -0.3 is 10.6 Å². The van der Waals surface area contributed by atoms with E-state index in [-0.39, 0.29) is 0 Å². The maximum absolute atomic E-state index is 6.03.